The first kappa shape index (κ1) is 16.0. The Morgan fingerprint density at radius 2 is 2.08 bits per heavy atom. The van der Waals surface area contributed by atoms with Crippen LogP contribution < -0.4 is 0 Å². The molecule has 0 unspecified atom stereocenters. The maximum absolute atomic E-state index is 9.64. The third-order valence-electron chi connectivity index (χ3n) is 4.07. The molecule has 0 saturated heterocycles. The van der Waals surface area contributed by atoms with Crippen LogP contribution in [0.1, 0.15) is 24.6 Å². The highest BCUT2D eigenvalue weighted by molar-refractivity contribution is 8.01. The summed E-state index contributed by atoms with van der Waals surface area (Å²) in [5, 5.41) is 10.7. The summed E-state index contributed by atoms with van der Waals surface area (Å²) in [5.74, 6) is 0. The molecule has 7 heteroatoms. The molecule has 0 radical (unpaired) electrons. The van der Waals surface area contributed by atoms with Crippen LogP contribution in [0.2, 0.25) is 5.15 Å². The highest BCUT2D eigenvalue weighted by atomic mass is 35.5. The Hall–Kier alpha value is -1.47. The topological polar surface area (TPSA) is 58.9 Å². The molecule has 1 aliphatic carbocycles. The van der Waals surface area contributed by atoms with E-state index in [0.717, 1.165) is 44.2 Å². The van der Waals surface area contributed by atoms with Gasteiger partial charge >= 0.3 is 0 Å². The van der Waals surface area contributed by atoms with E-state index in [-0.39, 0.29) is 6.61 Å². The minimum Gasteiger partial charge on any atom is -0.392 e. The maximum Gasteiger partial charge on any atom is 0.196 e. The number of para-hydroxylation sites is 1. The number of hydrogen-bond acceptors (Lipinski definition) is 6. The third kappa shape index (κ3) is 2.73. The van der Waals surface area contributed by atoms with Crippen molar-refractivity contribution >= 4 is 50.5 Å². The van der Waals surface area contributed by atoms with Gasteiger partial charge in [-0.25, -0.2) is 15.0 Å². The molecule has 0 saturated carbocycles. The van der Waals surface area contributed by atoms with Crippen LogP contribution in [0.4, 0.5) is 0 Å². The van der Waals surface area contributed by atoms with Crippen molar-refractivity contribution in [3.05, 3.63) is 46.2 Å². The number of halogens is 1. The highest BCUT2D eigenvalue weighted by Gasteiger charge is 2.26. The van der Waals surface area contributed by atoms with Gasteiger partial charge in [-0.05, 0) is 35.9 Å². The molecule has 3 aromatic rings. The van der Waals surface area contributed by atoms with E-state index in [1.807, 2.05) is 18.2 Å². The number of allylic oxidation sites excluding steroid dienone is 1. The van der Waals surface area contributed by atoms with E-state index in [0.29, 0.717) is 10.3 Å². The lowest BCUT2D eigenvalue weighted by Crippen LogP contribution is -1.99. The molecule has 0 fully saturated rings. The normalized spacial score (nSPS) is 13.8. The summed E-state index contributed by atoms with van der Waals surface area (Å²) in [4.78, 5) is 13.7. The van der Waals surface area contributed by atoms with Crippen LogP contribution in [0.3, 0.4) is 0 Å². The number of benzene rings is 1. The van der Waals surface area contributed by atoms with E-state index in [2.05, 4.69) is 27.9 Å². The van der Waals surface area contributed by atoms with Crippen LogP contribution in [-0.2, 0) is 6.42 Å². The van der Waals surface area contributed by atoms with Gasteiger partial charge in [0.15, 0.2) is 9.50 Å². The summed E-state index contributed by atoms with van der Waals surface area (Å²) in [7, 11) is 0. The first-order valence-corrected chi connectivity index (χ1v) is 9.62. The van der Waals surface area contributed by atoms with Crippen molar-refractivity contribution in [2.45, 2.75) is 29.3 Å². The van der Waals surface area contributed by atoms with Crippen LogP contribution in [0.5, 0.6) is 0 Å². The Bertz CT molecular complexity index is 935. The van der Waals surface area contributed by atoms with Crippen LogP contribution in [0, 0.1) is 0 Å². The Morgan fingerprint density at radius 1 is 1.25 bits per heavy atom. The summed E-state index contributed by atoms with van der Waals surface area (Å²) in [5.41, 5.74) is 4.76. The lowest BCUT2D eigenvalue weighted by Gasteiger charge is -2.06. The number of aliphatic hydroxyl groups is 1. The number of fused-ring (bicyclic) bond motifs is 2. The molecule has 4 rings (SSSR count). The van der Waals surface area contributed by atoms with Gasteiger partial charge in [-0.2, -0.15) is 0 Å². The summed E-state index contributed by atoms with van der Waals surface area (Å²) in [6, 6.07) is 8.04. The summed E-state index contributed by atoms with van der Waals surface area (Å²) < 4.78 is 2.04. The Morgan fingerprint density at radius 3 is 2.83 bits per heavy atom. The van der Waals surface area contributed by atoms with Crippen molar-refractivity contribution in [1.29, 1.82) is 0 Å². The zero-order valence-corrected chi connectivity index (χ0v) is 15.3. The van der Waals surface area contributed by atoms with E-state index in [9.17, 15) is 5.11 Å². The summed E-state index contributed by atoms with van der Waals surface area (Å²) in [6.45, 7) is 2.05. The highest BCUT2D eigenvalue weighted by Crippen LogP contribution is 2.39. The smallest absolute Gasteiger partial charge is 0.196 e. The van der Waals surface area contributed by atoms with E-state index >= 15 is 0 Å². The summed E-state index contributed by atoms with van der Waals surface area (Å²) >= 11 is 9.44. The van der Waals surface area contributed by atoms with Gasteiger partial charge in [0.05, 0.1) is 22.5 Å². The van der Waals surface area contributed by atoms with Crippen molar-refractivity contribution < 1.29 is 5.11 Å². The van der Waals surface area contributed by atoms with E-state index in [1.54, 1.807) is 11.3 Å². The molecule has 2 heterocycles. The van der Waals surface area contributed by atoms with Crippen molar-refractivity contribution in [3.63, 3.8) is 0 Å². The minimum atomic E-state index is -0.0242. The fourth-order valence-corrected chi connectivity index (χ4v) is 5.22. The molecule has 24 heavy (non-hydrogen) atoms. The van der Waals surface area contributed by atoms with E-state index < -0.39 is 0 Å². The molecular weight excluding hydrogens is 362 g/mol. The van der Waals surface area contributed by atoms with Gasteiger partial charge < -0.3 is 5.11 Å². The van der Waals surface area contributed by atoms with Crippen LogP contribution in [0.15, 0.2) is 39.3 Å². The molecule has 2 aromatic heterocycles. The Labute approximate surface area is 152 Å². The number of thiazole rings is 1. The molecule has 0 spiro atoms. The lowest BCUT2D eigenvalue weighted by atomic mass is 10.1. The van der Waals surface area contributed by atoms with Crippen LogP contribution >= 0.6 is 34.7 Å². The van der Waals surface area contributed by atoms with Gasteiger partial charge in [-0.15, -0.1) is 11.3 Å². The van der Waals surface area contributed by atoms with Crippen LogP contribution in [-0.4, -0.2) is 26.7 Å². The number of aromatic nitrogens is 3. The Kier molecular flexibility index (Phi) is 4.30. The average molecular weight is 376 g/mol. The second-order valence-corrected chi connectivity index (χ2v) is 8.04. The molecule has 122 valence electrons. The number of hydrogen-bond donors (Lipinski definition) is 1. The molecule has 0 aliphatic heterocycles. The van der Waals surface area contributed by atoms with E-state index in [4.69, 9.17) is 11.6 Å². The number of rotatable bonds is 4. The largest absolute Gasteiger partial charge is 0.392 e. The zero-order chi connectivity index (χ0) is 16.7. The monoisotopic (exact) mass is 375 g/mol. The van der Waals surface area contributed by atoms with E-state index in [1.165, 1.54) is 17.3 Å². The summed E-state index contributed by atoms with van der Waals surface area (Å²) in [6.07, 6.45) is 1.61. The quantitative estimate of drug-likeness (QED) is 0.533. The fraction of sp³-hybridized carbons (Fsp3) is 0.235. The molecule has 1 aliphatic rings. The van der Waals surface area contributed by atoms with Gasteiger partial charge in [0.1, 0.15) is 5.15 Å². The van der Waals surface area contributed by atoms with Crippen molar-refractivity contribution in [2.75, 3.05) is 6.61 Å². The fourth-order valence-electron chi connectivity index (χ4n) is 2.92. The SMILES string of the molecule is CCC1=C(CO)c2c(Cl)nc(Sc3nc4ccccc4s3)nc2C1. The molecule has 0 bridgehead atoms. The van der Waals surface area contributed by atoms with Gasteiger partial charge in [0.25, 0.3) is 0 Å². The third-order valence-corrected chi connectivity index (χ3v) is 6.30. The average Bonchev–Trinajstić information content (AvgIpc) is 3.14. The molecule has 1 aromatic carbocycles. The van der Waals surface area contributed by atoms with Gasteiger partial charge in [0.2, 0.25) is 0 Å². The van der Waals surface area contributed by atoms with Crippen molar-refractivity contribution in [1.82, 2.24) is 15.0 Å². The standard InChI is InChI=1S/C17H14ClN3OS2/c1-2-9-7-12-14(10(9)8-22)15(18)21-16(19-12)24-17-20-11-5-3-4-6-13(11)23-17/h3-6,22H,2,7-8H2,1H3. The molecule has 1 N–H and O–H groups in total. The van der Waals surface area contributed by atoms with Gasteiger partial charge in [-0.3, -0.25) is 0 Å². The molecule has 0 amide bonds. The predicted octanol–water partition coefficient (Wildman–Crippen LogP) is 4.60. The van der Waals surface area contributed by atoms with Gasteiger partial charge in [-0.1, -0.05) is 36.2 Å². The first-order chi connectivity index (χ1) is 11.7. The number of nitrogens with zero attached hydrogens (tertiary/aromatic N) is 3. The molecule has 4 nitrogen and oxygen atoms in total. The molecule has 0 atom stereocenters. The van der Waals surface area contributed by atoms with Crippen molar-refractivity contribution in [3.8, 4) is 0 Å². The lowest BCUT2D eigenvalue weighted by molar-refractivity contribution is 0.349. The predicted molar refractivity (Wildman–Crippen MR) is 98.8 cm³/mol. The second kappa shape index (κ2) is 6.44. The number of aliphatic hydroxyl groups excluding tert-OH is 1. The molecular formula is C17H14ClN3OS2. The van der Waals surface area contributed by atoms with Crippen molar-refractivity contribution in [2.24, 2.45) is 0 Å². The zero-order valence-electron chi connectivity index (χ0n) is 12.9. The van der Waals surface area contributed by atoms with Gasteiger partial charge in [0, 0.05) is 12.0 Å². The minimum absolute atomic E-state index is 0.0242. The first-order valence-electron chi connectivity index (χ1n) is 7.61. The maximum atomic E-state index is 9.64. The van der Waals surface area contributed by atoms with Crippen LogP contribution in [0.25, 0.3) is 15.8 Å². The Balaban J connectivity index is 1.69. The second-order valence-electron chi connectivity index (χ2n) is 5.44.